The van der Waals surface area contributed by atoms with Crippen LogP contribution in [0.4, 0.5) is 5.69 Å². The quantitative estimate of drug-likeness (QED) is 0.683. The van der Waals surface area contributed by atoms with E-state index in [0.717, 1.165) is 17.5 Å². The van der Waals surface area contributed by atoms with E-state index in [1.807, 2.05) is 42.5 Å². The Kier molecular flexibility index (Phi) is 6.00. The van der Waals surface area contributed by atoms with Gasteiger partial charge in [-0.2, -0.15) is 0 Å². The van der Waals surface area contributed by atoms with Gasteiger partial charge in [0.2, 0.25) is 5.91 Å². The number of hydrogen-bond acceptors (Lipinski definition) is 5. The minimum Gasteiger partial charge on any atom is -0.368 e. The van der Waals surface area contributed by atoms with Gasteiger partial charge in [0.05, 0.1) is 5.75 Å². The third kappa shape index (κ3) is 4.74. The molecule has 2 aromatic rings. The van der Waals surface area contributed by atoms with Crippen LogP contribution >= 0.6 is 0 Å². The van der Waals surface area contributed by atoms with Crippen molar-refractivity contribution < 1.29 is 18.0 Å². The molecule has 7 nitrogen and oxygen atoms in total. The van der Waals surface area contributed by atoms with Gasteiger partial charge in [-0.15, -0.1) is 0 Å². The molecule has 4 rings (SSSR count). The Morgan fingerprint density at radius 3 is 2.26 bits per heavy atom. The molecule has 2 heterocycles. The van der Waals surface area contributed by atoms with Crippen molar-refractivity contribution in [1.29, 1.82) is 0 Å². The molecule has 0 bridgehead atoms. The van der Waals surface area contributed by atoms with E-state index in [1.165, 1.54) is 0 Å². The predicted octanol–water partition coefficient (Wildman–Crippen LogP) is 1.79. The fraction of sp³-hybridized carbons (Fsp3) is 0.391. The van der Waals surface area contributed by atoms with Crippen LogP contribution in [-0.2, 0) is 21.2 Å². The molecule has 1 fully saturated rings. The molecule has 0 aromatic heterocycles. The fourth-order valence-electron chi connectivity index (χ4n) is 4.30. The van der Waals surface area contributed by atoms with Crippen molar-refractivity contribution in [2.75, 3.05) is 43.1 Å². The summed E-state index contributed by atoms with van der Waals surface area (Å²) in [6.45, 7) is 2.81. The van der Waals surface area contributed by atoms with Crippen LogP contribution in [-0.4, -0.2) is 74.3 Å². The molecule has 0 radical (unpaired) electrons. The highest BCUT2D eigenvalue weighted by molar-refractivity contribution is 7.90. The third-order valence-corrected chi connectivity index (χ3v) is 6.96. The molecular weight excluding hydrogens is 414 g/mol. The van der Waals surface area contributed by atoms with Gasteiger partial charge in [-0.05, 0) is 30.2 Å². The molecule has 0 saturated carbocycles. The van der Waals surface area contributed by atoms with Gasteiger partial charge in [0.25, 0.3) is 5.91 Å². The zero-order valence-corrected chi connectivity index (χ0v) is 18.4. The number of carbonyl (C=O) groups is 2. The maximum atomic E-state index is 13.5. The second-order valence-corrected chi connectivity index (χ2v) is 10.4. The van der Waals surface area contributed by atoms with Crippen LogP contribution in [0.2, 0.25) is 0 Å². The molecule has 8 heteroatoms. The smallest absolute Gasteiger partial charge is 0.255 e. The summed E-state index contributed by atoms with van der Waals surface area (Å²) in [6, 6.07) is 16.6. The van der Waals surface area contributed by atoms with Crippen molar-refractivity contribution in [2.24, 2.45) is 0 Å². The molecule has 1 atom stereocenters. The zero-order chi connectivity index (χ0) is 22.0. The van der Waals surface area contributed by atoms with Gasteiger partial charge in [-0.3, -0.25) is 9.59 Å². The van der Waals surface area contributed by atoms with Crippen LogP contribution in [0.15, 0.2) is 54.6 Å². The number of hydrogen-bond donors (Lipinski definition) is 0. The minimum absolute atomic E-state index is 0.107. The Morgan fingerprint density at radius 1 is 0.968 bits per heavy atom. The summed E-state index contributed by atoms with van der Waals surface area (Å²) >= 11 is 0. The number of sulfone groups is 1. The largest absolute Gasteiger partial charge is 0.368 e. The second kappa shape index (κ2) is 8.70. The highest BCUT2D eigenvalue weighted by Crippen LogP contribution is 2.27. The maximum absolute atomic E-state index is 13.5. The standard InChI is InChI=1S/C23H27N3O4S/c1-31(29,30)16-11-21(26-17-18-7-5-6-10-20(18)22(26)27)23(28)25-14-12-24(13-15-25)19-8-3-2-4-9-19/h2-10,21H,11-17H2,1H3. The number of piperazine rings is 1. The average Bonchev–Trinajstić information content (AvgIpc) is 3.10. The Hall–Kier alpha value is -2.87. The van der Waals surface area contributed by atoms with Crippen molar-refractivity contribution in [3.8, 4) is 0 Å². The first-order valence-corrected chi connectivity index (χ1v) is 12.5. The average molecular weight is 442 g/mol. The van der Waals surface area contributed by atoms with Gasteiger partial charge >= 0.3 is 0 Å². The van der Waals surface area contributed by atoms with Gasteiger partial charge in [-0.1, -0.05) is 36.4 Å². The summed E-state index contributed by atoms with van der Waals surface area (Å²) in [4.78, 5) is 32.0. The predicted molar refractivity (Wildman–Crippen MR) is 120 cm³/mol. The molecule has 2 aliphatic heterocycles. The lowest BCUT2D eigenvalue weighted by Crippen LogP contribution is -2.55. The second-order valence-electron chi connectivity index (χ2n) is 8.17. The van der Waals surface area contributed by atoms with Crippen LogP contribution in [0.3, 0.4) is 0 Å². The highest BCUT2D eigenvalue weighted by Gasteiger charge is 2.39. The van der Waals surface area contributed by atoms with E-state index in [2.05, 4.69) is 4.90 Å². The molecule has 0 aliphatic carbocycles. The SMILES string of the molecule is CS(=O)(=O)CCC(C(=O)N1CCN(c2ccccc2)CC1)N1Cc2ccccc2C1=O. The summed E-state index contributed by atoms with van der Waals surface area (Å²) in [5.41, 5.74) is 2.58. The molecule has 0 spiro atoms. The van der Waals surface area contributed by atoms with Crippen LogP contribution in [0, 0.1) is 0 Å². The number of para-hydroxylation sites is 1. The van der Waals surface area contributed by atoms with Crippen LogP contribution < -0.4 is 4.90 Å². The summed E-state index contributed by atoms with van der Waals surface area (Å²) in [5, 5.41) is 0. The molecule has 2 aromatic carbocycles. The normalized spacial score (nSPS) is 17.6. The Balaban J connectivity index is 1.49. The lowest BCUT2D eigenvalue weighted by atomic mass is 10.1. The monoisotopic (exact) mass is 441 g/mol. The van der Waals surface area contributed by atoms with Crippen LogP contribution in [0.5, 0.6) is 0 Å². The molecule has 2 aliphatic rings. The van der Waals surface area contributed by atoms with Gasteiger partial charge in [0.1, 0.15) is 15.9 Å². The van der Waals surface area contributed by atoms with Gasteiger partial charge < -0.3 is 14.7 Å². The number of rotatable bonds is 6. The molecule has 2 amide bonds. The summed E-state index contributed by atoms with van der Waals surface area (Å²) in [6.07, 6.45) is 1.27. The lowest BCUT2D eigenvalue weighted by Gasteiger charge is -2.39. The van der Waals surface area contributed by atoms with E-state index >= 15 is 0 Å². The minimum atomic E-state index is -3.26. The number of benzene rings is 2. The topological polar surface area (TPSA) is 78.0 Å². The first-order valence-electron chi connectivity index (χ1n) is 10.5. The first kappa shape index (κ1) is 21.4. The molecule has 1 unspecified atom stereocenters. The maximum Gasteiger partial charge on any atom is 0.255 e. The Labute approximate surface area is 183 Å². The van der Waals surface area contributed by atoms with E-state index in [0.29, 0.717) is 38.3 Å². The van der Waals surface area contributed by atoms with Crippen molar-refractivity contribution in [2.45, 2.75) is 19.0 Å². The highest BCUT2D eigenvalue weighted by atomic mass is 32.2. The van der Waals surface area contributed by atoms with Crippen molar-refractivity contribution in [3.63, 3.8) is 0 Å². The van der Waals surface area contributed by atoms with Crippen LogP contribution in [0.1, 0.15) is 22.3 Å². The molecular formula is C23H27N3O4S. The Bertz CT molecular complexity index is 1060. The van der Waals surface area contributed by atoms with Crippen LogP contribution in [0.25, 0.3) is 0 Å². The van der Waals surface area contributed by atoms with Crippen molar-refractivity contribution in [3.05, 3.63) is 65.7 Å². The van der Waals surface area contributed by atoms with Gasteiger partial charge in [0.15, 0.2) is 0 Å². The summed E-state index contributed by atoms with van der Waals surface area (Å²) in [5.74, 6) is -0.504. The van der Waals surface area contributed by atoms with E-state index < -0.39 is 15.9 Å². The molecule has 1 saturated heterocycles. The lowest BCUT2D eigenvalue weighted by molar-refractivity contribution is -0.136. The van der Waals surface area contributed by atoms with Gasteiger partial charge in [0, 0.05) is 50.2 Å². The number of carbonyl (C=O) groups excluding carboxylic acids is 2. The summed E-state index contributed by atoms with van der Waals surface area (Å²) in [7, 11) is -3.26. The van der Waals surface area contributed by atoms with Crippen molar-refractivity contribution in [1.82, 2.24) is 9.80 Å². The van der Waals surface area contributed by atoms with Gasteiger partial charge in [-0.25, -0.2) is 8.42 Å². The molecule has 164 valence electrons. The Morgan fingerprint density at radius 2 is 1.61 bits per heavy atom. The number of amides is 2. The van der Waals surface area contributed by atoms with Crippen molar-refractivity contribution >= 4 is 27.3 Å². The van der Waals surface area contributed by atoms with E-state index in [-0.39, 0.29) is 24.0 Å². The third-order valence-electron chi connectivity index (χ3n) is 5.99. The number of nitrogens with zero attached hydrogens (tertiary/aromatic N) is 3. The molecule has 0 N–H and O–H groups in total. The van der Waals surface area contributed by atoms with E-state index in [9.17, 15) is 18.0 Å². The summed E-state index contributed by atoms with van der Waals surface area (Å²) < 4.78 is 23.6. The number of fused-ring (bicyclic) bond motifs is 1. The van der Waals surface area contributed by atoms with E-state index in [1.54, 1.807) is 21.9 Å². The first-order chi connectivity index (χ1) is 14.8. The fourth-order valence-corrected chi connectivity index (χ4v) is 4.95. The van der Waals surface area contributed by atoms with E-state index in [4.69, 9.17) is 0 Å². The molecule has 31 heavy (non-hydrogen) atoms. The number of anilines is 1. The zero-order valence-electron chi connectivity index (χ0n) is 17.6.